The molecular formula is C23H25N5O2S. The molecule has 0 saturated carbocycles. The minimum Gasteiger partial charge on any atom is -0.341 e. The van der Waals surface area contributed by atoms with Crippen LogP contribution in [-0.4, -0.2) is 45.3 Å². The molecule has 0 unspecified atom stereocenters. The van der Waals surface area contributed by atoms with Gasteiger partial charge in [-0.15, -0.1) is 10.2 Å². The van der Waals surface area contributed by atoms with Crippen LogP contribution in [0.4, 0.5) is 11.6 Å². The van der Waals surface area contributed by atoms with E-state index in [4.69, 9.17) is 0 Å². The van der Waals surface area contributed by atoms with Gasteiger partial charge < -0.3 is 10.2 Å². The highest BCUT2D eigenvalue weighted by atomic mass is 32.2. The van der Waals surface area contributed by atoms with Crippen molar-refractivity contribution in [2.45, 2.75) is 31.8 Å². The van der Waals surface area contributed by atoms with Crippen LogP contribution in [0.15, 0.2) is 53.7 Å². The molecule has 1 aliphatic heterocycles. The predicted molar refractivity (Wildman–Crippen MR) is 123 cm³/mol. The molecule has 0 spiro atoms. The summed E-state index contributed by atoms with van der Waals surface area (Å²) >= 11 is 1.39. The third kappa shape index (κ3) is 4.96. The quantitative estimate of drug-likeness (QED) is 0.444. The third-order valence-electron chi connectivity index (χ3n) is 5.16. The zero-order chi connectivity index (χ0) is 21.8. The van der Waals surface area contributed by atoms with E-state index >= 15 is 0 Å². The SMILES string of the molecule is CC(=O)Nc1ccc(C(=O)CSc2nnc(N3CCCC3)n2-c2ccc(C)cc2)cc1. The number of Topliss-reactive ketones (excluding diaryl/α,β-unsaturated/α-hetero) is 1. The lowest BCUT2D eigenvalue weighted by Crippen LogP contribution is -2.22. The second-order valence-corrected chi connectivity index (χ2v) is 8.56. The molecule has 1 aromatic heterocycles. The molecule has 1 saturated heterocycles. The maximum Gasteiger partial charge on any atom is 0.232 e. The van der Waals surface area contributed by atoms with Gasteiger partial charge in [0.15, 0.2) is 10.9 Å². The Bertz CT molecular complexity index is 1070. The van der Waals surface area contributed by atoms with Crippen LogP contribution >= 0.6 is 11.8 Å². The van der Waals surface area contributed by atoms with Gasteiger partial charge in [-0.1, -0.05) is 29.5 Å². The van der Waals surface area contributed by atoms with Crippen molar-refractivity contribution in [2.24, 2.45) is 0 Å². The van der Waals surface area contributed by atoms with Crippen molar-refractivity contribution in [2.75, 3.05) is 29.1 Å². The maximum absolute atomic E-state index is 12.7. The number of aromatic nitrogens is 3. The van der Waals surface area contributed by atoms with Crippen molar-refractivity contribution in [1.82, 2.24) is 14.8 Å². The molecule has 4 rings (SSSR count). The molecule has 8 heteroatoms. The van der Waals surface area contributed by atoms with Gasteiger partial charge in [0, 0.05) is 31.3 Å². The van der Waals surface area contributed by atoms with Crippen molar-refractivity contribution in [3.63, 3.8) is 0 Å². The lowest BCUT2D eigenvalue weighted by molar-refractivity contribution is -0.114. The van der Waals surface area contributed by atoms with E-state index in [1.165, 1.54) is 24.2 Å². The van der Waals surface area contributed by atoms with E-state index in [1.54, 1.807) is 24.3 Å². The van der Waals surface area contributed by atoms with Gasteiger partial charge in [-0.25, -0.2) is 0 Å². The zero-order valence-electron chi connectivity index (χ0n) is 17.7. The molecule has 0 bridgehead atoms. The van der Waals surface area contributed by atoms with Crippen LogP contribution in [0.1, 0.15) is 35.7 Å². The van der Waals surface area contributed by atoms with Crippen molar-refractivity contribution < 1.29 is 9.59 Å². The summed E-state index contributed by atoms with van der Waals surface area (Å²) in [5.41, 5.74) is 3.45. The van der Waals surface area contributed by atoms with Gasteiger partial charge in [-0.05, 0) is 56.2 Å². The molecule has 160 valence electrons. The molecule has 0 atom stereocenters. The van der Waals surface area contributed by atoms with Gasteiger partial charge in [-0.2, -0.15) is 0 Å². The lowest BCUT2D eigenvalue weighted by Gasteiger charge is -2.18. The average molecular weight is 436 g/mol. The maximum atomic E-state index is 12.7. The monoisotopic (exact) mass is 435 g/mol. The molecule has 2 heterocycles. The van der Waals surface area contributed by atoms with Crippen molar-refractivity contribution in [3.05, 3.63) is 59.7 Å². The molecule has 0 aliphatic carbocycles. The minimum atomic E-state index is -0.140. The highest BCUT2D eigenvalue weighted by molar-refractivity contribution is 7.99. The number of carbonyl (C=O) groups excluding carboxylic acids is 2. The Morgan fingerprint density at radius 3 is 2.32 bits per heavy atom. The average Bonchev–Trinajstić information content (AvgIpc) is 3.42. The van der Waals surface area contributed by atoms with Gasteiger partial charge in [0.1, 0.15) is 0 Å². The number of thioether (sulfide) groups is 1. The first kappa shape index (κ1) is 21.1. The summed E-state index contributed by atoms with van der Waals surface area (Å²) in [6, 6.07) is 15.2. The Balaban J connectivity index is 1.53. The summed E-state index contributed by atoms with van der Waals surface area (Å²) in [5, 5.41) is 12.3. The highest BCUT2D eigenvalue weighted by Crippen LogP contribution is 2.29. The Labute approximate surface area is 185 Å². The minimum absolute atomic E-state index is 0.000513. The number of ketones is 1. The summed E-state index contributed by atoms with van der Waals surface area (Å²) in [5.74, 6) is 0.944. The normalized spacial score (nSPS) is 13.4. The molecule has 1 N–H and O–H groups in total. The van der Waals surface area contributed by atoms with Crippen LogP contribution in [-0.2, 0) is 4.79 Å². The number of anilines is 2. The largest absolute Gasteiger partial charge is 0.341 e. The number of nitrogens with zero attached hydrogens (tertiary/aromatic N) is 4. The number of hydrogen-bond acceptors (Lipinski definition) is 6. The van der Waals surface area contributed by atoms with Crippen LogP contribution in [0.5, 0.6) is 0 Å². The Hall–Kier alpha value is -3.13. The summed E-state index contributed by atoms with van der Waals surface area (Å²) in [6.07, 6.45) is 2.30. The van der Waals surface area contributed by atoms with Crippen molar-refractivity contribution in [1.29, 1.82) is 0 Å². The molecule has 2 aromatic carbocycles. The van der Waals surface area contributed by atoms with E-state index in [1.807, 2.05) is 4.57 Å². The second kappa shape index (κ2) is 9.34. The Morgan fingerprint density at radius 1 is 1.00 bits per heavy atom. The fourth-order valence-corrected chi connectivity index (χ4v) is 4.40. The first-order valence-corrected chi connectivity index (χ1v) is 11.3. The summed E-state index contributed by atoms with van der Waals surface area (Å²) < 4.78 is 2.04. The Kier molecular flexibility index (Phi) is 6.36. The first-order chi connectivity index (χ1) is 15.0. The van der Waals surface area contributed by atoms with Crippen molar-refractivity contribution in [3.8, 4) is 5.69 Å². The molecule has 1 fully saturated rings. The van der Waals surface area contributed by atoms with Gasteiger partial charge in [0.05, 0.1) is 11.4 Å². The number of amides is 1. The standard InChI is InChI=1S/C23H25N5O2S/c1-16-5-11-20(12-6-16)28-22(27-13-3-4-14-27)25-26-23(28)31-15-21(30)18-7-9-19(10-8-18)24-17(2)29/h5-12H,3-4,13-15H2,1-2H3,(H,24,29). The van der Waals surface area contributed by atoms with E-state index in [2.05, 4.69) is 51.6 Å². The van der Waals surface area contributed by atoms with E-state index in [-0.39, 0.29) is 17.4 Å². The van der Waals surface area contributed by atoms with Crippen LogP contribution in [0.3, 0.4) is 0 Å². The zero-order valence-corrected chi connectivity index (χ0v) is 18.5. The molecule has 7 nitrogen and oxygen atoms in total. The molecule has 1 amide bonds. The van der Waals surface area contributed by atoms with Crippen LogP contribution in [0.25, 0.3) is 5.69 Å². The predicted octanol–water partition coefficient (Wildman–Crippen LogP) is 4.11. The molecule has 1 aliphatic rings. The fourth-order valence-electron chi connectivity index (χ4n) is 3.55. The highest BCUT2D eigenvalue weighted by Gasteiger charge is 2.23. The van der Waals surface area contributed by atoms with Gasteiger partial charge in [-0.3, -0.25) is 14.2 Å². The smallest absolute Gasteiger partial charge is 0.232 e. The van der Waals surface area contributed by atoms with Crippen LogP contribution in [0, 0.1) is 6.92 Å². The van der Waals surface area contributed by atoms with Crippen molar-refractivity contribution >= 4 is 35.1 Å². The van der Waals surface area contributed by atoms with E-state index in [9.17, 15) is 9.59 Å². The van der Waals surface area contributed by atoms with E-state index < -0.39 is 0 Å². The number of benzene rings is 2. The van der Waals surface area contributed by atoms with Gasteiger partial charge in [0.2, 0.25) is 11.9 Å². The van der Waals surface area contributed by atoms with E-state index in [0.29, 0.717) is 16.4 Å². The van der Waals surface area contributed by atoms with E-state index in [0.717, 1.165) is 37.6 Å². The summed E-state index contributed by atoms with van der Waals surface area (Å²) in [7, 11) is 0. The second-order valence-electron chi connectivity index (χ2n) is 7.62. The van der Waals surface area contributed by atoms with Gasteiger partial charge >= 0.3 is 0 Å². The molecule has 31 heavy (non-hydrogen) atoms. The summed E-state index contributed by atoms with van der Waals surface area (Å²) in [4.78, 5) is 26.1. The fraction of sp³-hybridized carbons (Fsp3) is 0.304. The Morgan fingerprint density at radius 2 is 1.68 bits per heavy atom. The number of hydrogen-bond donors (Lipinski definition) is 1. The topological polar surface area (TPSA) is 80.1 Å². The number of nitrogens with one attached hydrogen (secondary N) is 1. The summed E-state index contributed by atoms with van der Waals surface area (Å²) in [6.45, 7) is 5.45. The number of rotatable bonds is 7. The van der Waals surface area contributed by atoms with Crippen LogP contribution < -0.4 is 10.2 Å². The van der Waals surface area contributed by atoms with Gasteiger partial charge in [0.25, 0.3) is 0 Å². The molecule has 0 radical (unpaired) electrons. The molecular weight excluding hydrogens is 410 g/mol. The van der Waals surface area contributed by atoms with Crippen LogP contribution in [0.2, 0.25) is 0 Å². The third-order valence-corrected chi connectivity index (χ3v) is 6.09. The molecule has 3 aromatic rings. The lowest BCUT2D eigenvalue weighted by atomic mass is 10.1. The number of carbonyl (C=O) groups is 2. The number of aryl methyl sites for hydroxylation is 1. The first-order valence-electron chi connectivity index (χ1n) is 10.3.